The second-order valence-corrected chi connectivity index (χ2v) is 5.58. The van der Waals surface area contributed by atoms with E-state index in [9.17, 15) is 9.59 Å². The van der Waals surface area contributed by atoms with E-state index in [4.69, 9.17) is 16.3 Å². The van der Waals surface area contributed by atoms with E-state index in [1.54, 1.807) is 12.0 Å². The Balaban J connectivity index is 2.79. The van der Waals surface area contributed by atoms with Crippen molar-refractivity contribution in [3.63, 3.8) is 0 Å². The number of carbonyl (C=O) groups is 2. The number of benzene rings is 1. The molecule has 0 aliphatic carbocycles. The van der Waals surface area contributed by atoms with Gasteiger partial charge >= 0.3 is 0 Å². The first-order valence-electron chi connectivity index (χ1n) is 7.17. The van der Waals surface area contributed by atoms with Crippen molar-refractivity contribution in [2.45, 2.75) is 27.2 Å². The van der Waals surface area contributed by atoms with Gasteiger partial charge in [-0.3, -0.25) is 9.59 Å². The normalized spacial score (nSPS) is 10.4. The summed E-state index contributed by atoms with van der Waals surface area (Å²) in [6.45, 7) is 6.54. The fourth-order valence-electron chi connectivity index (χ4n) is 2.27. The van der Waals surface area contributed by atoms with Crippen molar-refractivity contribution in [1.82, 2.24) is 5.32 Å². The standard InChI is InChI=1S/C16H23ClN2O3/c1-11-9-12(2)16(14(17)10-11)19(13(3)20)7-5-15(21)18-6-8-22-4/h9-10H,5-8H2,1-4H3,(H,18,21). The maximum atomic E-state index is 11.9. The van der Waals surface area contributed by atoms with Crippen LogP contribution in [0.15, 0.2) is 12.1 Å². The van der Waals surface area contributed by atoms with E-state index in [1.165, 1.54) is 6.92 Å². The van der Waals surface area contributed by atoms with Gasteiger partial charge in [-0.1, -0.05) is 17.7 Å². The number of hydrogen-bond donors (Lipinski definition) is 1. The third kappa shape index (κ3) is 5.31. The predicted octanol–water partition coefficient (Wildman–Crippen LogP) is 2.46. The van der Waals surface area contributed by atoms with Crippen LogP contribution in [0.2, 0.25) is 5.02 Å². The molecule has 0 saturated carbocycles. The molecular weight excluding hydrogens is 304 g/mol. The minimum Gasteiger partial charge on any atom is -0.383 e. The van der Waals surface area contributed by atoms with E-state index in [0.29, 0.717) is 23.9 Å². The number of halogens is 1. The molecule has 0 atom stereocenters. The summed E-state index contributed by atoms with van der Waals surface area (Å²) in [4.78, 5) is 25.2. The molecule has 0 saturated heterocycles. The third-order valence-electron chi connectivity index (χ3n) is 3.24. The van der Waals surface area contributed by atoms with Crippen LogP contribution in [0.5, 0.6) is 0 Å². The Labute approximate surface area is 136 Å². The fraction of sp³-hybridized carbons (Fsp3) is 0.500. The zero-order valence-corrected chi connectivity index (χ0v) is 14.3. The van der Waals surface area contributed by atoms with Gasteiger partial charge in [0.1, 0.15) is 0 Å². The van der Waals surface area contributed by atoms with Gasteiger partial charge in [-0.25, -0.2) is 0 Å². The van der Waals surface area contributed by atoms with Crippen LogP contribution in [0.3, 0.4) is 0 Å². The topological polar surface area (TPSA) is 58.6 Å². The van der Waals surface area contributed by atoms with Crippen LogP contribution < -0.4 is 10.2 Å². The van der Waals surface area contributed by atoms with E-state index in [0.717, 1.165) is 11.1 Å². The van der Waals surface area contributed by atoms with Crippen LogP contribution in [-0.2, 0) is 14.3 Å². The molecule has 0 aliphatic heterocycles. The molecule has 1 aromatic carbocycles. The van der Waals surface area contributed by atoms with Crippen molar-refractivity contribution in [1.29, 1.82) is 0 Å². The minimum atomic E-state index is -0.140. The number of aryl methyl sites for hydroxylation is 2. The van der Waals surface area contributed by atoms with Gasteiger partial charge in [-0.05, 0) is 31.0 Å². The highest BCUT2D eigenvalue weighted by Gasteiger charge is 2.18. The Morgan fingerprint density at radius 3 is 2.55 bits per heavy atom. The van der Waals surface area contributed by atoms with Gasteiger partial charge in [-0.15, -0.1) is 0 Å². The highest BCUT2D eigenvalue weighted by atomic mass is 35.5. The molecular formula is C16H23ClN2O3. The molecule has 122 valence electrons. The van der Waals surface area contributed by atoms with E-state index in [-0.39, 0.29) is 24.8 Å². The average Bonchev–Trinajstić information content (AvgIpc) is 2.41. The first-order valence-corrected chi connectivity index (χ1v) is 7.55. The van der Waals surface area contributed by atoms with Crippen LogP contribution >= 0.6 is 11.6 Å². The van der Waals surface area contributed by atoms with E-state index >= 15 is 0 Å². The van der Waals surface area contributed by atoms with E-state index in [2.05, 4.69) is 5.32 Å². The fourth-order valence-corrected chi connectivity index (χ4v) is 2.69. The summed E-state index contributed by atoms with van der Waals surface area (Å²) in [5, 5.41) is 3.25. The number of nitrogens with one attached hydrogen (secondary N) is 1. The van der Waals surface area contributed by atoms with Crippen molar-refractivity contribution < 1.29 is 14.3 Å². The molecule has 0 bridgehead atoms. The third-order valence-corrected chi connectivity index (χ3v) is 3.53. The van der Waals surface area contributed by atoms with Gasteiger partial charge in [0.05, 0.1) is 17.3 Å². The number of carbonyl (C=O) groups excluding carboxylic acids is 2. The molecule has 0 heterocycles. The van der Waals surface area contributed by atoms with Crippen LogP contribution in [0, 0.1) is 13.8 Å². The van der Waals surface area contributed by atoms with Crippen molar-refractivity contribution in [3.8, 4) is 0 Å². The zero-order valence-electron chi connectivity index (χ0n) is 13.5. The smallest absolute Gasteiger partial charge is 0.223 e. The molecule has 0 unspecified atom stereocenters. The largest absolute Gasteiger partial charge is 0.383 e. The number of amides is 2. The number of ether oxygens (including phenoxy) is 1. The summed E-state index contributed by atoms with van der Waals surface area (Å²) >= 11 is 6.28. The highest BCUT2D eigenvalue weighted by molar-refractivity contribution is 6.34. The van der Waals surface area contributed by atoms with Crippen molar-refractivity contribution in [3.05, 3.63) is 28.3 Å². The molecule has 6 heteroatoms. The second-order valence-electron chi connectivity index (χ2n) is 5.18. The van der Waals surface area contributed by atoms with E-state index < -0.39 is 0 Å². The Hall–Kier alpha value is -1.59. The minimum absolute atomic E-state index is 0.121. The molecule has 22 heavy (non-hydrogen) atoms. The quantitative estimate of drug-likeness (QED) is 0.783. The van der Waals surface area contributed by atoms with Gasteiger partial charge < -0.3 is 15.0 Å². The summed E-state index contributed by atoms with van der Waals surface area (Å²) in [5.41, 5.74) is 2.62. The highest BCUT2D eigenvalue weighted by Crippen LogP contribution is 2.31. The summed E-state index contributed by atoms with van der Waals surface area (Å²) < 4.78 is 4.87. The first-order chi connectivity index (χ1) is 10.4. The molecule has 0 aliphatic rings. The maximum absolute atomic E-state index is 11.9. The molecule has 0 fully saturated rings. The molecule has 1 aromatic rings. The maximum Gasteiger partial charge on any atom is 0.223 e. The Kier molecular flexibility index (Phi) is 7.35. The van der Waals surface area contributed by atoms with Crippen LogP contribution in [0.4, 0.5) is 5.69 Å². The van der Waals surface area contributed by atoms with Gasteiger partial charge in [0.2, 0.25) is 11.8 Å². The predicted molar refractivity (Wildman–Crippen MR) is 88.5 cm³/mol. The number of nitrogens with zero attached hydrogens (tertiary/aromatic N) is 1. The van der Waals surface area contributed by atoms with Crippen molar-refractivity contribution >= 4 is 29.1 Å². The number of hydrogen-bond acceptors (Lipinski definition) is 3. The lowest BCUT2D eigenvalue weighted by Gasteiger charge is -2.24. The van der Waals surface area contributed by atoms with Gasteiger partial charge in [0.25, 0.3) is 0 Å². The monoisotopic (exact) mass is 326 g/mol. The Morgan fingerprint density at radius 2 is 2.00 bits per heavy atom. The second kappa shape index (κ2) is 8.76. The van der Waals surface area contributed by atoms with Crippen LogP contribution in [0.1, 0.15) is 24.5 Å². The Bertz CT molecular complexity index is 523. The Morgan fingerprint density at radius 1 is 1.32 bits per heavy atom. The molecule has 5 nitrogen and oxygen atoms in total. The summed E-state index contributed by atoms with van der Waals surface area (Å²) in [5.74, 6) is -0.261. The summed E-state index contributed by atoms with van der Waals surface area (Å²) in [6, 6.07) is 3.79. The van der Waals surface area contributed by atoms with E-state index in [1.807, 2.05) is 26.0 Å². The molecule has 2 amide bonds. The van der Waals surface area contributed by atoms with Crippen molar-refractivity contribution in [2.75, 3.05) is 31.7 Å². The summed E-state index contributed by atoms with van der Waals surface area (Å²) in [6.07, 6.45) is 0.215. The lowest BCUT2D eigenvalue weighted by atomic mass is 10.1. The van der Waals surface area contributed by atoms with Crippen LogP contribution in [0.25, 0.3) is 0 Å². The lowest BCUT2D eigenvalue weighted by molar-refractivity contribution is -0.121. The number of rotatable bonds is 7. The first kappa shape index (κ1) is 18.5. The van der Waals surface area contributed by atoms with Crippen LogP contribution in [-0.4, -0.2) is 38.6 Å². The molecule has 1 rings (SSSR count). The SMILES string of the molecule is COCCNC(=O)CCN(C(C)=O)c1c(C)cc(C)cc1Cl. The molecule has 0 spiro atoms. The number of anilines is 1. The average molecular weight is 327 g/mol. The van der Waals surface area contributed by atoms with Gasteiger partial charge in [-0.2, -0.15) is 0 Å². The molecule has 0 radical (unpaired) electrons. The lowest BCUT2D eigenvalue weighted by Crippen LogP contribution is -2.35. The summed E-state index contributed by atoms with van der Waals surface area (Å²) in [7, 11) is 1.58. The van der Waals surface area contributed by atoms with Gasteiger partial charge in [0.15, 0.2) is 0 Å². The van der Waals surface area contributed by atoms with Gasteiger partial charge in [0, 0.05) is 33.5 Å². The zero-order chi connectivity index (χ0) is 16.7. The molecule has 1 N–H and O–H groups in total. The number of methoxy groups -OCH3 is 1. The molecule has 0 aromatic heterocycles. The van der Waals surface area contributed by atoms with Crippen molar-refractivity contribution in [2.24, 2.45) is 0 Å².